The molecule has 0 radical (unpaired) electrons. The maximum Gasteiger partial charge on any atom is 0.0431 e. The minimum atomic E-state index is 0.361. The predicted octanol–water partition coefficient (Wildman–Crippen LogP) is 1.15. The molecule has 0 saturated carbocycles. The third kappa shape index (κ3) is 3.73. The average molecular weight is 157 g/mol. The van der Waals surface area contributed by atoms with Gasteiger partial charge in [-0.1, -0.05) is 6.42 Å². The van der Waals surface area contributed by atoms with Gasteiger partial charge in [0.2, 0.25) is 0 Å². The van der Waals surface area contributed by atoms with Gasteiger partial charge in [-0.3, -0.25) is 0 Å². The van der Waals surface area contributed by atoms with E-state index in [0.29, 0.717) is 6.61 Å². The molecule has 0 spiro atoms. The van der Waals surface area contributed by atoms with E-state index in [1.807, 2.05) is 0 Å². The highest BCUT2D eigenvalue weighted by Crippen LogP contribution is 2.16. The molecular formula is C9H19NO. The van der Waals surface area contributed by atoms with Crippen molar-refractivity contribution in [1.29, 1.82) is 0 Å². The van der Waals surface area contributed by atoms with Gasteiger partial charge in [0.05, 0.1) is 0 Å². The van der Waals surface area contributed by atoms with Crippen molar-refractivity contribution in [3.63, 3.8) is 0 Å². The van der Waals surface area contributed by atoms with Crippen molar-refractivity contribution in [3.8, 4) is 0 Å². The van der Waals surface area contributed by atoms with Gasteiger partial charge in [-0.15, -0.1) is 0 Å². The van der Waals surface area contributed by atoms with E-state index >= 15 is 0 Å². The molecule has 0 aromatic carbocycles. The number of hydrogen-bond donors (Lipinski definition) is 2. The van der Waals surface area contributed by atoms with E-state index in [0.717, 1.165) is 12.3 Å². The van der Waals surface area contributed by atoms with Crippen LogP contribution in [0.1, 0.15) is 32.1 Å². The van der Waals surface area contributed by atoms with Crippen LogP contribution >= 0.6 is 0 Å². The summed E-state index contributed by atoms with van der Waals surface area (Å²) in [7, 11) is 0. The van der Waals surface area contributed by atoms with Crippen LogP contribution in [-0.2, 0) is 0 Å². The number of aliphatic hydroxyl groups is 1. The van der Waals surface area contributed by atoms with Gasteiger partial charge in [0.25, 0.3) is 0 Å². The third-order valence-electron chi connectivity index (χ3n) is 2.42. The summed E-state index contributed by atoms with van der Waals surface area (Å²) in [6.07, 6.45) is 6.20. The molecule has 1 atom stereocenters. The quantitative estimate of drug-likeness (QED) is 0.600. The molecule has 0 amide bonds. The first-order chi connectivity index (χ1) is 5.43. The summed E-state index contributed by atoms with van der Waals surface area (Å²) < 4.78 is 0. The molecule has 0 aromatic heterocycles. The highest BCUT2D eigenvalue weighted by molar-refractivity contribution is 4.68. The van der Waals surface area contributed by atoms with E-state index in [9.17, 15) is 0 Å². The number of rotatable bonds is 4. The highest BCUT2D eigenvalue weighted by atomic mass is 16.2. The van der Waals surface area contributed by atoms with Gasteiger partial charge >= 0.3 is 0 Å². The van der Waals surface area contributed by atoms with Crippen molar-refractivity contribution in [2.75, 3.05) is 19.7 Å². The molecule has 66 valence electrons. The van der Waals surface area contributed by atoms with Crippen molar-refractivity contribution >= 4 is 0 Å². The summed E-state index contributed by atoms with van der Waals surface area (Å²) in [5, 5.41) is 12.0. The van der Waals surface area contributed by atoms with Crippen LogP contribution in [0.3, 0.4) is 0 Å². The normalized spacial score (nSPS) is 25.4. The summed E-state index contributed by atoms with van der Waals surface area (Å²) >= 11 is 0. The molecule has 0 aromatic rings. The van der Waals surface area contributed by atoms with Crippen LogP contribution in [0.5, 0.6) is 0 Å². The Balaban J connectivity index is 1.96. The summed E-state index contributed by atoms with van der Waals surface area (Å²) in [5.41, 5.74) is 0. The lowest BCUT2D eigenvalue weighted by atomic mass is 9.94. The molecule has 0 bridgehead atoms. The summed E-state index contributed by atoms with van der Waals surface area (Å²) in [4.78, 5) is 0. The number of hydrogen-bond acceptors (Lipinski definition) is 2. The molecule has 1 heterocycles. The summed E-state index contributed by atoms with van der Waals surface area (Å²) in [6.45, 7) is 2.77. The van der Waals surface area contributed by atoms with E-state index in [-0.39, 0.29) is 0 Å². The standard InChI is InChI=1S/C9H19NO/c11-7-2-1-4-9-5-3-6-10-8-9/h9-11H,1-8H2/t9-/m0/s1. The van der Waals surface area contributed by atoms with E-state index < -0.39 is 0 Å². The van der Waals surface area contributed by atoms with Crippen molar-refractivity contribution in [2.24, 2.45) is 5.92 Å². The fourth-order valence-electron chi connectivity index (χ4n) is 1.72. The molecule has 1 aliphatic rings. The van der Waals surface area contributed by atoms with Crippen molar-refractivity contribution in [3.05, 3.63) is 0 Å². The predicted molar refractivity (Wildman–Crippen MR) is 46.5 cm³/mol. The Morgan fingerprint density at radius 3 is 2.91 bits per heavy atom. The second kappa shape index (κ2) is 5.56. The number of aliphatic hydroxyl groups excluding tert-OH is 1. The van der Waals surface area contributed by atoms with Crippen molar-refractivity contribution in [1.82, 2.24) is 5.32 Å². The van der Waals surface area contributed by atoms with E-state index in [1.54, 1.807) is 0 Å². The highest BCUT2D eigenvalue weighted by Gasteiger charge is 2.11. The first-order valence-corrected chi connectivity index (χ1v) is 4.75. The van der Waals surface area contributed by atoms with Crippen LogP contribution in [-0.4, -0.2) is 24.8 Å². The Kier molecular flexibility index (Phi) is 4.55. The molecule has 1 saturated heterocycles. The lowest BCUT2D eigenvalue weighted by Gasteiger charge is -2.22. The van der Waals surface area contributed by atoms with Crippen LogP contribution in [0.2, 0.25) is 0 Å². The number of piperidine rings is 1. The van der Waals surface area contributed by atoms with Gasteiger partial charge in [-0.05, 0) is 44.7 Å². The SMILES string of the molecule is OCCCC[C@H]1CCCNC1. The van der Waals surface area contributed by atoms with Gasteiger partial charge in [-0.25, -0.2) is 0 Å². The van der Waals surface area contributed by atoms with Gasteiger partial charge in [-0.2, -0.15) is 0 Å². The molecule has 11 heavy (non-hydrogen) atoms. The lowest BCUT2D eigenvalue weighted by molar-refractivity contribution is 0.270. The second-order valence-electron chi connectivity index (χ2n) is 3.43. The second-order valence-corrected chi connectivity index (χ2v) is 3.43. The molecule has 1 rings (SSSR count). The Bertz CT molecular complexity index is 89.6. The lowest BCUT2D eigenvalue weighted by Crippen LogP contribution is -2.29. The first kappa shape index (κ1) is 9.01. The summed E-state index contributed by atoms with van der Waals surface area (Å²) in [5.74, 6) is 0.885. The van der Waals surface area contributed by atoms with E-state index in [2.05, 4.69) is 5.32 Å². The molecule has 2 nitrogen and oxygen atoms in total. The van der Waals surface area contributed by atoms with Crippen LogP contribution in [0.25, 0.3) is 0 Å². The molecule has 2 N–H and O–H groups in total. The van der Waals surface area contributed by atoms with Crippen molar-refractivity contribution < 1.29 is 5.11 Å². The van der Waals surface area contributed by atoms with Gasteiger partial charge in [0.15, 0.2) is 0 Å². The minimum Gasteiger partial charge on any atom is -0.396 e. The zero-order valence-electron chi connectivity index (χ0n) is 7.18. The Morgan fingerprint density at radius 1 is 1.36 bits per heavy atom. The monoisotopic (exact) mass is 157 g/mol. The van der Waals surface area contributed by atoms with Crippen LogP contribution in [0.15, 0.2) is 0 Å². The average Bonchev–Trinajstić information content (AvgIpc) is 2.07. The number of unbranched alkanes of at least 4 members (excludes halogenated alkanes) is 1. The molecule has 1 fully saturated rings. The Labute approximate surface area is 69.0 Å². The molecular weight excluding hydrogens is 138 g/mol. The van der Waals surface area contributed by atoms with E-state index in [1.165, 1.54) is 38.8 Å². The topological polar surface area (TPSA) is 32.3 Å². The minimum absolute atomic E-state index is 0.361. The zero-order valence-corrected chi connectivity index (χ0v) is 7.18. The molecule has 2 heteroatoms. The maximum atomic E-state index is 8.58. The Hall–Kier alpha value is -0.0800. The van der Waals surface area contributed by atoms with Crippen LogP contribution < -0.4 is 5.32 Å². The van der Waals surface area contributed by atoms with Crippen molar-refractivity contribution in [2.45, 2.75) is 32.1 Å². The van der Waals surface area contributed by atoms with Crippen LogP contribution in [0.4, 0.5) is 0 Å². The molecule has 1 aliphatic heterocycles. The van der Waals surface area contributed by atoms with Gasteiger partial charge in [0.1, 0.15) is 0 Å². The van der Waals surface area contributed by atoms with Gasteiger partial charge in [0, 0.05) is 6.61 Å². The molecule has 0 aliphatic carbocycles. The largest absolute Gasteiger partial charge is 0.396 e. The fourth-order valence-corrected chi connectivity index (χ4v) is 1.72. The molecule has 0 unspecified atom stereocenters. The fraction of sp³-hybridized carbons (Fsp3) is 1.00. The van der Waals surface area contributed by atoms with Gasteiger partial charge < -0.3 is 10.4 Å². The summed E-state index contributed by atoms with van der Waals surface area (Å²) in [6, 6.07) is 0. The maximum absolute atomic E-state index is 8.58. The van der Waals surface area contributed by atoms with E-state index in [4.69, 9.17) is 5.11 Å². The number of nitrogens with one attached hydrogen (secondary N) is 1. The van der Waals surface area contributed by atoms with Crippen LogP contribution in [0, 0.1) is 5.92 Å². The first-order valence-electron chi connectivity index (χ1n) is 4.75. The zero-order chi connectivity index (χ0) is 7.94. The third-order valence-corrected chi connectivity index (χ3v) is 2.42. The Morgan fingerprint density at radius 2 is 2.27 bits per heavy atom. The smallest absolute Gasteiger partial charge is 0.0431 e.